The third-order valence-corrected chi connectivity index (χ3v) is 3.50. The molecule has 0 unspecified atom stereocenters. The maximum absolute atomic E-state index is 5.96. The van der Waals surface area contributed by atoms with Gasteiger partial charge in [-0.2, -0.15) is 0 Å². The van der Waals surface area contributed by atoms with Gasteiger partial charge in [0.2, 0.25) is 0 Å². The fourth-order valence-corrected chi connectivity index (χ4v) is 2.50. The molecule has 0 atom stereocenters. The summed E-state index contributed by atoms with van der Waals surface area (Å²) < 4.78 is 0. The Kier molecular flexibility index (Phi) is 3.47. The number of pyridine rings is 1. The van der Waals surface area contributed by atoms with Crippen LogP contribution < -0.4 is 5.73 Å². The van der Waals surface area contributed by atoms with E-state index in [1.54, 1.807) is 0 Å². The minimum atomic E-state index is 0.464. The van der Waals surface area contributed by atoms with Crippen molar-refractivity contribution in [3.05, 3.63) is 23.5 Å². The standard InChI is InChI=1S/C14H22N2/c1-10(2)13-8-12(15)9-14(16-13)11-6-4-3-5-7-11/h8-11H,3-7H2,1-2H3,(H2,15,16). The monoisotopic (exact) mass is 218 g/mol. The summed E-state index contributed by atoms with van der Waals surface area (Å²) in [5.41, 5.74) is 9.20. The summed E-state index contributed by atoms with van der Waals surface area (Å²) in [6.45, 7) is 4.35. The van der Waals surface area contributed by atoms with E-state index in [1.807, 2.05) is 6.07 Å². The molecular weight excluding hydrogens is 196 g/mol. The molecule has 1 fully saturated rings. The molecule has 2 N–H and O–H groups in total. The van der Waals surface area contributed by atoms with E-state index in [2.05, 4.69) is 19.9 Å². The van der Waals surface area contributed by atoms with Gasteiger partial charge in [-0.05, 0) is 30.9 Å². The first-order chi connectivity index (χ1) is 7.66. The van der Waals surface area contributed by atoms with Crippen LogP contribution in [0.15, 0.2) is 12.1 Å². The van der Waals surface area contributed by atoms with E-state index >= 15 is 0 Å². The zero-order valence-corrected chi connectivity index (χ0v) is 10.4. The Morgan fingerprint density at radius 1 is 1.19 bits per heavy atom. The summed E-state index contributed by atoms with van der Waals surface area (Å²) in [5.74, 6) is 1.11. The van der Waals surface area contributed by atoms with E-state index in [1.165, 1.54) is 37.8 Å². The van der Waals surface area contributed by atoms with Crippen LogP contribution in [0.5, 0.6) is 0 Å². The molecule has 1 aromatic heterocycles. The molecule has 0 bridgehead atoms. The number of anilines is 1. The lowest BCUT2D eigenvalue weighted by molar-refractivity contribution is 0.435. The van der Waals surface area contributed by atoms with Crippen molar-refractivity contribution in [2.75, 3.05) is 5.73 Å². The fourth-order valence-electron chi connectivity index (χ4n) is 2.50. The number of aromatic nitrogens is 1. The normalized spacial score (nSPS) is 17.9. The lowest BCUT2D eigenvalue weighted by Gasteiger charge is -2.22. The van der Waals surface area contributed by atoms with Crippen molar-refractivity contribution in [1.82, 2.24) is 4.98 Å². The van der Waals surface area contributed by atoms with Gasteiger partial charge in [0.05, 0.1) is 0 Å². The Hall–Kier alpha value is -1.05. The average molecular weight is 218 g/mol. The van der Waals surface area contributed by atoms with Crippen LogP contribution in [0.25, 0.3) is 0 Å². The molecule has 2 rings (SSSR count). The Labute approximate surface area is 98.3 Å². The average Bonchev–Trinajstić information content (AvgIpc) is 2.29. The minimum Gasteiger partial charge on any atom is -0.399 e. The molecule has 88 valence electrons. The third kappa shape index (κ3) is 2.55. The van der Waals surface area contributed by atoms with Gasteiger partial charge in [0.1, 0.15) is 0 Å². The SMILES string of the molecule is CC(C)c1cc(N)cc(C2CCCCC2)n1. The Morgan fingerprint density at radius 2 is 1.88 bits per heavy atom. The van der Waals surface area contributed by atoms with Gasteiger partial charge in [-0.3, -0.25) is 4.98 Å². The van der Waals surface area contributed by atoms with Crippen LogP contribution in [0.2, 0.25) is 0 Å². The molecule has 0 aromatic carbocycles. The van der Waals surface area contributed by atoms with Crippen molar-refractivity contribution in [2.45, 2.75) is 57.8 Å². The van der Waals surface area contributed by atoms with Crippen molar-refractivity contribution in [3.63, 3.8) is 0 Å². The molecule has 1 aliphatic rings. The van der Waals surface area contributed by atoms with Gasteiger partial charge >= 0.3 is 0 Å². The lowest BCUT2D eigenvalue weighted by atomic mass is 9.86. The second-order valence-corrected chi connectivity index (χ2v) is 5.24. The highest BCUT2D eigenvalue weighted by Crippen LogP contribution is 2.33. The van der Waals surface area contributed by atoms with Gasteiger partial charge in [-0.1, -0.05) is 33.1 Å². The van der Waals surface area contributed by atoms with Crippen molar-refractivity contribution < 1.29 is 0 Å². The molecule has 2 heteroatoms. The van der Waals surface area contributed by atoms with Crippen LogP contribution in [-0.2, 0) is 0 Å². The molecule has 0 aliphatic heterocycles. The summed E-state index contributed by atoms with van der Waals surface area (Å²) in [6, 6.07) is 4.08. The van der Waals surface area contributed by atoms with Crippen molar-refractivity contribution >= 4 is 5.69 Å². The number of nitrogens with zero attached hydrogens (tertiary/aromatic N) is 1. The van der Waals surface area contributed by atoms with Gasteiger partial charge in [0.15, 0.2) is 0 Å². The molecule has 0 saturated heterocycles. The summed E-state index contributed by atoms with van der Waals surface area (Å²) in [5, 5.41) is 0. The highest BCUT2D eigenvalue weighted by Gasteiger charge is 2.18. The van der Waals surface area contributed by atoms with Crippen LogP contribution in [0.4, 0.5) is 5.69 Å². The molecule has 1 aliphatic carbocycles. The molecule has 2 nitrogen and oxygen atoms in total. The number of nitrogens with two attached hydrogens (primary N) is 1. The van der Waals surface area contributed by atoms with Gasteiger partial charge in [0, 0.05) is 23.0 Å². The maximum Gasteiger partial charge on any atom is 0.0458 e. The summed E-state index contributed by atoms with van der Waals surface area (Å²) in [4.78, 5) is 4.78. The van der Waals surface area contributed by atoms with Crippen LogP contribution in [0.1, 0.15) is 69.2 Å². The zero-order valence-electron chi connectivity index (χ0n) is 10.4. The van der Waals surface area contributed by atoms with Crippen LogP contribution in [0, 0.1) is 0 Å². The van der Waals surface area contributed by atoms with E-state index in [0.29, 0.717) is 11.8 Å². The molecule has 1 saturated carbocycles. The highest BCUT2D eigenvalue weighted by atomic mass is 14.7. The number of hydrogen-bond acceptors (Lipinski definition) is 2. The van der Waals surface area contributed by atoms with E-state index in [-0.39, 0.29) is 0 Å². The number of hydrogen-bond donors (Lipinski definition) is 1. The second kappa shape index (κ2) is 4.86. The lowest BCUT2D eigenvalue weighted by Crippen LogP contribution is -2.09. The highest BCUT2D eigenvalue weighted by molar-refractivity contribution is 5.42. The smallest absolute Gasteiger partial charge is 0.0458 e. The molecule has 0 radical (unpaired) electrons. The minimum absolute atomic E-state index is 0.464. The molecule has 1 heterocycles. The first-order valence-corrected chi connectivity index (χ1v) is 6.44. The quantitative estimate of drug-likeness (QED) is 0.819. The van der Waals surface area contributed by atoms with Crippen molar-refractivity contribution in [1.29, 1.82) is 0 Å². The first-order valence-electron chi connectivity index (χ1n) is 6.44. The summed E-state index contributed by atoms with van der Waals surface area (Å²) in [6.07, 6.45) is 6.65. The van der Waals surface area contributed by atoms with Gasteiger partial charge in [-0.15, -0.1) is 0 Å². The van der Waals surface area contributed by atoms with Crippen molar-refractivity contribution in [3.8, 4) is 0 Å². The second-order valence-electron chi connectivity index (χ2n) is 5.24. The van der Waals surface area contributed by atoms with Gasteiger partial charge in [0.25, 0.3) is 0 Å². The van der Waals surface area contributed by atoms with E-state index in [9.17, 15) is 0 Å². The molecule has 1 aromatic rings. The van der Waals surface area contributed by atoms with Gasteiger partial charge in [-0.25, -0.2) is 0 Å². The number of rotatable bonds is 2. The van der Waals surface area contributed by atoms with Crippen LogP contribution >= 0.6 is 0 Å². The van der Waals surface area contributed by atoms with Crippen LogP contribution in [0.3, 0.4) is 0 Å². The third-order valence-electron chi connectivity index (χ3n) is 3.50. The topological polar surface area (TPSA) is 38.9 Å². The largest absolute Gasteiger partial charge is 0.399 e. The predicted octanol–water partition coefficient (Wildman–Crippen LogP) is 3.83. The van der Waals surface area contributed by atoms with E-state index < -0.39 is 0 Å². The Bertz CT molecular complexity index is 352. The predicted molar refractivity (Wildman–Crippen MR) is 68.6 cm³/mol. The van der Waals surface area contributed by atoms with Gasteiger partial charge < -0.3 is 5.73 Å². The summed E-state index contributed by atoms with van der Waals surface area (Å²) in [7, 11) is 0. The Balaban J connectivity index is 2.25. The summed E-state index contributed by atoms with van der Waals surface area (Å²) >= 11 is 0. The molecule has 16 heavy (non-hydrogen) atoms. The fraction of sp³-hybridized carbons (Fsp3) is 0.643. The molecular formula is C14H22N2. The number of nitrogen functional groups attached to an aromatic ring is 1. The first kappa shape index (κ1) is 11.4. The van der Waals surface area contributed by atoms with E-state index in [4.69, 9.17) is 10.7 Å². The maximum atomic E-state index is 5.96. The molecule has 0 amide bonds. The van der Waals surface area contributed by atoms with Crippen molar-refractivity contribution in [2.24, 2.45) is 0 Å². The molecule has 0 spiro atoms. The van der Waals surface area contributed by atoms with Crippen LogP contribution in [-0.4, -0.2) is 4.98 Å². The Morgan fingerprint density at radius 3 is 2.50 bits per heavy atom. The van der Waals surface area contributed by atoms with E-state index in [0.717, 1.165) is 11.4 Å². The zero-order chi connectivity index (χ0) is 11.5.